The third-order valence-electron chi connectivity index (χ3n) is 2.91. The van der Waals surface area contributed by atoms with Gasteiger partial charge in [-0.3, -0.25) is 6.08 Å². The maximum atomic E-state index is 9.25. The van der Waals surface area contributed by atoms with Crippen molar-refractivity contribution in [1.82, 2.24) is 0 Å². The van der Waals surface area contributed by atoms with Gasteiger partial charge in [-0.2, -0.15) is 11.1 Å². The van der Waals surface area contributed by atoms with E-state index in [0.29, 0.717) is 0 Å². The molecule has 4 nitrogen and oxygen atoms in total. The molecule has 6 heteroatoms. The summed E-state index contributed by atoms with van der Waals surface area (Å²) in [5.74, 6) is -1.96. The maximum Gasteiger partial charge on any atom is 2.00 e. The topological polar surface area (TPSA) is 74.6 Å². The van der Waals surface area contributed by atoms with E-state index < -0.39 is 11.9 Å². The molecule has 0 aromatic heterocycles. The zero-order chi connectivity index (χ0) is 16.5. The molecule has 0 aliphatic heterocycles. The van der Waals surface area contributed by atoms with Gasteiger partial charge >= 0.3 is 33.7 Å². The number of allylic oxidation sites excluding steroid dienone is 4. The second-order valence-corrected chi connectivity index (χ2v) is 4.71. The second-order valence-electron chi connectivity index (χ2n) is 4.71. The van der Waals surface area contributed by atoms with Crippen LogP contribution in [0.4, 0.5) is 0 Å². The Balaban J connectivity index is -0.000000117. The van der Waals surface area contributed by atoms with Crippen LogP contribution >= 0.6 is 0 Å². The van der Waals surface area contributed by atoms with E-state index in [2.05, 4.69) is 53.9 Å². The van der Waals surface area contributed by atoms with Crippen LogP contribution in [0.1, 0.15) is 34.6 Å². The van der Waals surface area contributed by atoms with Gasteiger partial charge in [-0.15, -0.1) is 6.92 Å². The first kappa shape index (κ1) is 29.0. The van der Waals surface area contributed by atoms with E-state index in [9.17, 15) is 9.59 Å². The van der Waals surface area contributed by atoms with Gasteiger partial charge < -0.3 is 22.6 Å². The van der Waals surface area contributed by atoms with Crippen LogP contribution in [0.5, 0.6) is 0 Å². The molecule has 0 aromatic carbocycles. The summed E-state index contributed by atoms with van der Waals surface area (Å²) < 4.78 is 0. The van der Waals surface area contributed by atoms with Gasteiger partial charge in [0.25, 0.3) is 0 Å². The predicted molar refractivity (Wildman–Crippen MR) is 80.3 cm³/mol. The Labute approximate surface area is 154 Å². The van der Waals surface area contributed by atoms with E-state index in [-0.39, 0.29) is 39.5 Å². The van der Waals surface area contributed by atoms with E-state index in [1.165, 1.54) is 16.7 Å². The third-order valence-corrected chi connectivity index (χ3v) is 2.91. The molecule has 0 spiro atoms. The normalized spacial score (nSPS) is 13.6. The molecule has 0 atom stereocenters. The summed E-state index contributed by atoms with van der Waals surface area (Å²) in [5.41, 5.74) is 4.39. The summed E-state index contributed by atoms with van der Waals surface area (Å²) in [6.45, 7) is 16.8. The van der Waals surface area contributed by atoms with Crippen molar-refractivity contribution in [2.24, 2.45) is 5.41 Å². The van der Waals surface area contributed by atoms with Crippen molar-refractivity contribution in [3.8, 4) is 0 Å². The largest absolute Gasteiger partial charge is 2.00 e. The summed E-state index contributed by atoms with van der Waals surface area (Å²) in [7, 11) is 0. The first-order valence-corrected chi connectivity index (χ1v) is 6.00. The van der Waals surface area contributed by atoms with Gasteiger partial charge in [0.1, 0.15) is 0 Å². The van der Waals surface area contributed by atoms with Crippen molar-refractivity contribution in [3.63, 3.8) is 0 Å². The Morgan fingerprint density at radius 3 is 1.36 bits per heavy atom. The minimum Gasteiger partial charge on any atom is -1.00 e. The number of hydrogen-bond donors (Lipinski definition) is 2. The van der Waals surface area contributed by atoms with Crippen molar-refractivity contribution in [1.29, 1.82) is 0 Å². The molecule has 0 heterocycles. The third kappa shape index (κ3) is 12.6. The molecule has 0 radical (unpaired) electrons. The molecule has 122 valence electrons. The van der Waals surface area contributed by atoms with Crippen LogP contribution in [-0.2, 0) is 31.3 Å². The minimum absolute atomic E-state index is 0. The van der Waals surface area contributed by atoms with E-state index in [4.69, 9.17) is 10.2 Å². The Kier molecular flexibility index (Phi) is 17.9. The van der Waals surface area contributed by atoms with Gasteiger partial charge in [0.2, 0.25) is 0 Å². The molecular weight excluding hydrogens is 339 g/mol. The number of carboxylic acids is 2. The molecule has 2 N–H and O–H groups in total. The average Bonchev–Trinajstić information content (AvgIpc) is 2.53. The number of hydrogen-bond acceptors (Lipinski definition) is 2. The Hall–Kier alpha value is -1.10. The molecule has 1 rings (SSSR count). The summed E-state index contributed by atoms with van der Waals surface area (Å²) in [4.78, 5) is 18.5. The first-order chi connectivity index (χ1) is 8.99. The van der Waals surface area contributed by atoms with Crippen molar-refractivity contribution in [2.75, 3.05) is 0 Å². The first-order valence-electron chi connectivity index (χ1n) is 6.00. The van der Waals surface area contributed by atoms with Crippen molar-refractivity contribution < 1.29 is 53.9 Å². The van der Waals surface area contributed by atoms with Gasteiger partial charge in [0.05, 0.1) is 0 Å². The minimum atomic E-state index is -0.981. The monoisotopic (exact) mass is 362 g/mol. The molecule has 0 amide bonds. The molecule has 0 saturated heterocycles. The van der Waals surface area contributed by atoms with E-state index in [0.717, 1.165) is 12.2 Å². The molecule has 0 fully saturated rings. The zero-order valence-corrected chi connectivity index (χ0v) is 16.0. The molecular formula is C16H23ClO4Ti. The van der Waals surface area contributed by atoms with Crippen LogP contribution in [0.3, 0.4) is 0 Å². The molecule has 0 bridgehead atoms. The fraction of sp³-hybridized carbons (Fsp3) is 0.375. The van der Waals surface area contributed by atoms with Crippen LogP contribution in [0.25, 0.3) is 0 Å². The van der Waals surface area contributed by atoms with Crippen LogP contribution in [0, 0.1) is 11.5 Å². The van der Waals surface area contributed by atoms with Gasteiger partial charge in [-0.25, -0.2) is 15.2 Å². The quantitative estimate of drug-likeness (QED) is 0.429. The number of rotatable bonds is 2. The summed E-state index contributed by atoms with van der Waals surface area (Å²) in [6.07, 6.45) is 5.10. The maximum absolute atomic E-state index is 9.25. The number of aliphatic carboxylic acids is 2. The van der Waals surface area contributed by atoms with E-state index in [1.807, 2.05) is 0 Å². The fourth-order valence-corrected chi connectivity index (χ4v) is 1.41. The number of carbonyl (C=O) groups is 2. The van der Waals surface area contributed by atoms with Gasteiger partial charge in [-0.1, -0.05) is 46.3 Å². The molecule has 0 unspecified atom stereocenters. The Morgan fingerprint density at radius 2 is 1.32 bits per heavy atom. The average molecular weight is 363 g/mol. The van der Waals surface area contributed by atoms with Gasteiger partial charge in [-0.05, 0) is 0 Å². The van der Waals surface area contributed by atoms with Crippen molar-refractivity contribution in [2.45, 2.75) is 34.6 Å². The Morgan fingerprint density at radius 1 is 1.05 bits per heavy atom. The standard InChI is InChI=1S/C10H15.2C3H4O2.ClH.Ti/c1-7-6-10(4,5)9(3)8(7)2;2*1-2-3(4)5;;/h1-5H3;2*2H,1H2,(H,4,5);1H;/q-1;;;;+2/p-1. The van der Waals surface area contributed by atoms with Crippen LogP contribution in [0.15, 0.2) is 42.0 Å². The predicted octanol–water partition coefficient (Wildman–Crippen LogP) is 0.628. The fourth-order valence-electron chi connectivity index (χ4n) is 1.41. The molecule has 1 aliphatic rings. The SMILES string of the molecule is C=CC(=O)O.C=CC(=O)O.CC1=[C-]C(C)(C)C(C)=C1C.[Cl-].[Ti+2]. The second kappa shape index (κ2) is 13.6. The van der Waals surface area contributed by atoms with Crippen molar-refractivity contribution in [3.05, 3.63) is 48.1 Å². The Bertz CT molecular complexity index is 445. The van der Waals surface area contributed by atoms with Crippen LogP contribution < -0.4 is 12.4 Å². The smallest absolute Gasteiger partial charge is 1.00 e. The van der Waals surface area contributed by atoms with E-state index >= 15 is 0 Å². The van der Waals surface area contributed by atoms with Gasteiger partial charge in [0, 0.05) is 12.2 Å². The molecule has 22 heavy (non-hydrogen) atoms. The molecule has 0 aromatic rings. The van der Waals surface area contributed by atoms with Crippen LogP contribution in [0.2, 0.25) is 0 Å². The molecule has 1 aliphatic carbocycles. The summed E-state index contributed by atoms with van der Waals surface area (Å²) >= 11 is 0. The number of halogens is 1. The summed E-state index contributed by atoms with van der Waals surface area (Å²) in [5, 5.41) is 15.2. The summed E-state index contributed by atoms with van der Waals surface area (Å²) in [6, 6.07) is 0. The number of carboxylic acid groups (broad SMARTS) is 2. The molecule has 0 saturated carbocycles. The van der Waals surface area contributed by atoms with E-state index in [1.54, 1.807) is 0 Å². The zero-order valence-electron chi connectivity index (χ0n) is 13.7. The van der Waals surface area contributed by atoms with Crippen molar-refractivity contribution >= 4 is 11.9 Å². The van der Waals surface area contributed by atoms with Gasteiger partial charge in [0.15, 0.2) is 0 Å². The van der Waals surface area contributed by atoms with Crippen LogP contribution in [-0.4, -0.2) is 22.2 Å².